The minimum absolute atomic E-state index is 0.0233. The molecule has 1 N–H and O–H groups in total. The van der Waals surface area contributed by atoms with Crippen molar-refractivity contribution < 1.29 is 23.1 Å². The molecular formula is C20H18F2N2O3. The van der Waals surface area contributed by atoms with Gasteiger partial charge < -0.3 is 15.0 Å². The SMILES string of the molecule is O=C(/C=C/c1ccc(N2CCCC2=O)cc1)Nc1ccc(OC(F)F)cc1. The van der Waals surface area contributed by atoms with E-state index < -0.39 is 6.61 Å². The predicted octanol–water partition coefficient (Wildman–Crippen LogP) is 4.07. The van der Waals surface area contributed by atoms with Gasteiger partial charge >= 0.3 is 6.61 Å². The number of halogens is 2. The number of nitrogens with one attached hydrogen (secondary N) is 1. The largest absolute Gasteiger partial charge is 0.435 e. The van der Waals surface area contributed by atoms with Crippen LogP contribution in [0.3, 0.4) is 0 Å². The van der Waals surface area contributed by atoms with Crippen LogP contribution in [-0.2, 0) is 9.59 Å². The van der Waals surface area contributed by atoms with Gasteiger partial charge in [-0.15, -0.1) is 0 Å². The minimum atomic E-state index is -2.89. The van der Waals surface area contributed by atoms with Crippen molar-refractivity contribution in [3.8, 4) is 5.75 Å². The number of anilines is 2. The molecule has 0 radical (unpaired) electrons. The molecule has 27 heavy (non-hydrogen) atoms. The van der Waals surface area contributed by atoms with Crippen LogP contribution in [0.4, 0.5) is 20.2 Å². The molecule has 2 aromatic rings. The van der Waals surface area contributed by atoms with Crippen LogP contribution in [0.15, 0.2) is 54.6 Å². The van der Waals surface area contributed by atoms with Crippen LogP contribution < -0.4 is 15.0 Å². The van der Waals surface area contributed by atoms with Crippen molar-refractivity contribution in [3.63, 3.8) is 0 Å². The second kappa shape index (κ2) is 8.44. The van der Waals surface area contributed by atoms with Gasteiger partial charge in [0.1, 0.15) is 5.75 Å². The highest BCUT2D eigenvalue weighted by Crippen LogP contribution is 2.22. The zero-order valence-electron chi connectivity index (χ0n) is 14.4. The first-order chi connectivity index (χ1) is 13.0. The zero-order valence-corrected chi connectivity index (χ0v) is 14.4. The summed E-state index contributed by atoms with van der Waals surface area (Å²) in [6.45, 7) is -2.15. The van der Waals surface area contributed by atoms with Crippen LogP contribution in [0.5, 0.6) is 5.75 Å². The third-order valence-corrected chi connectivity index (χ3v) is 4.05. The Labute approximate surface area is 155 Å². The molecule has 1 saturated heterocycles. The molecule has 0 bridgehead atoms. The highest BCUT2D eigenvalue weighted by Gasteiger charge is 2.21. The number of benzene rings is 2. The van der Waals surface area contributed by atoms with Crippen molar-refractivity contribution in [2.75, 3.05) is 16.8 Å². The molecule has 1 aliphatic rings. The van der Waals surface area contributed by atoms with Gasteiger partial charge in [-0.05, 0) is 54.5 Å². The van der Waals surface area contributed by atoms with Gasteiger partial charge in [-0.3, -0.25) is 9.59 Å². The lowest BCUT2D eigenvalue weighted by molar-refractivity contribution is -0.117. The molecule has 0 aliphatic carbocycles. The van der Waals surface area contributed by atoms with Crippen molar-refractivity contribution in [1.82, 2.24) is 0 Å². The second-order valence-corrected chi connectivity index (χ2v) is 5.97. The van der Waals surface area contributed by atoms with Crippen LogP contribution in [-0.4, -0.2) is 25.0 Å². The van der Waals surface area contributed by atoms with Crippen molar-refractivity contribution >= 4 is 29.3 Å². The van der Waals surface area contributed by atoms with Gasteiger partial charge in [-0.1, -0.05) is 12.1 Å². The fraction of sp³-hybridized carbons (Fsp3) is 0.200. The third-order valence-electron chi connectivity index (χ3n) is 4.05. The van der Waals surface area contributed by atoms with E-state index in [2.05, 4.69) is 10.1 Å². The van der Waals surface area contributed by atoms with Crippen LogP contribution in [0.25, 0.3) is 6.08 Å². The van der Waals surface area contributed by atoms with Crippen LogP contribution >= 0.6 is 0 Å². The Kier molecular flexibility index (Phi) is 5.80. The summed E-state index contributed by atoms with van der Waals surface area (Å²) < 4.78 is 28.5. The Morgan fingerprint density at radius 1 is 1.11 bits per heavy atom. The van der Waals surface area contributed by atoms with Gasteiger partial charge in [-0.25, -0.2) is 0 Å². The number of hydrogen-bond donors (Lipinski definition) is 1. The van der Waals surface area contributed by atoms with E-state index >= 15 is 0 Å². The summed E-state index contributed by atoms with van der Waals surface area (Å²) in [5.41, 5.74) is 2.14. The molecular weight excluding hydrogens is 354 g/mol. The van der Waals surface area contributed by atoms with Crippen LogP contribution in [0.2, 0.25) is 0 Å². The summed E-state index contributed by atoms with van der Waals surface area (Å²) in [6, 6.07) is 13.0. The van der Waals surface area contributed by atoms with E-state index in [1.165, 1.54) is 30.3 Å². The van der Waals surface area contributed by atoms with Crippen molar-refractivity contribution in [2.45, 2.75) is 19.5 Å². The molecule has 1 aliphatic heterocycles. The molecule has 0 spiro atoms. The quantitative estimate of drug-likeness (QED) is 0.778. The lowest BCUT2D eigenvalue weighted by atomic mass is 10.2. The van der Waals surface area contributed by atoms with E-state index in [1.807, 2.05) is 24.3 Å². The Bertz CT molecular complexity index is 833. The maximum Gasteiger partial charge on any atom is 0.387 e. The first kappa shape index (κ1) is 18.6. The number of carbonyl (C=O) groups excluding carboxylic acids is 2. The summed E-state index contributed by atoms with van der Waals surface area (Å²) >= 11 is 0. The second-order valence-electron chi connectivity index (χ2n) is 5.97. The highest BCUT2D eigenvalue weighted by atomic mass is 19.3. The molecule has 0 aromatic heterocycles. The lowest BCUT2D eigenvalue weighted by Gasteiger charge is -2.15. The molecule has 1 heterocycles. The van der Waals surface area contributed by atoms with Gasteiger partial charge in [0.2, 0.25) is 11.8 Å². The first-order valence-electron chi connectivity index (χ1n) is 8.45. The topological polar surface area (TPSA) is 58.6 Å². The van der Waals surface area contributed by atoms with Gasteiger partial charge in [0.05, 0.1) is 0 Å². The molecule has 0 unspecified atom stereocenters. The molecule has 3 rings (SSSR count). The summed E-state index contributed by atoms with van der Waals surface area (Å²) in [4.78, 5) is 25.5. The Morgan fingerprint density at radius 3 is 2.41 bits per heavy atom. The Balaban J connectivity index is 1.55. The average molecular weight is 372 g/mol. The van der Waals surface area contributed by atoms with E-state index in [0.29, 0.717) is 12.1 Å². The highest BCUT2D eigenvalue weighted by molar-refractivity contribution is 6.02. The van der Waals surface area contributed by atoms with E-state index in [9.17, 15) is 18.4 Å². The summed E-state index contributed by atoms with van der Waals surface area (Å²) in [7, 11) is 0. The van der Waals surface area contributed by atoms with E-state index in [1.54, 1.807) is 11.0 Å². The van der Waals surface area contributed by atoms with Crippen molar-refractivity contribution in [1.29, 1.82) is 0 Å². The van der Waals surface area contributed by atoms with Gasteiger partial charge in [0, 0.05) is 30.4 Å². The fourth-order valence-electron chi connectivity index (χ4n) is 2.76. The van der Waals surface area contributed by atoms with Crippen molar-refractivity contribution in [2.24, 2.45) is 0 Å². The molecule has 2 aromatic carbocycles. The Hall–Kier alpha value is -3.22. The molecule has 2 amide bonds. The molecule has 140 valence electrons. The third kappa shape index (κ3) is 5.13. The summed E-state index contributed by atoms with van der Waals surface area (Å²) in [5.74, 6) is -0.200. The van der Waals surface area contributed by atoms with Crippen molar-refractivity contribution in [3.05, 3.63) is 60.2 Å². The number of alkyl halides is 2. The molecule has 7 heteroatoms. The lowest BCUT2D eigenvalue weighted by Crippen LogP contribution is -2.23. The smallest absolute Gasteiger partial charge is 0.387 e. The normalized spacial score (nSPS) is 14.2. The van der Waals surface area contributed by atoms with Gasteiger partial charge in [-0.2, -0.15) is 8.78 Å². The summed E-state index contributed by atoms with van der Waals surface area (Å²) in [5, 5.41) is 2.63. The monoisotopic (exact) mass is 372 g/mol. The number of amides is 2. The number of hydrogen-bond acceptors (Lipinski definition) is 3. The standard InChI is InChI=1S/C20H18F2N2O3/c21-20(22)27-17-10-6-15(7-11-17)23-18(25)12-5-14-3-8-16(9-4-14)24-13-1-2-19(24)26/h3-12,20H,1-2,13H2,(H,23,25)/b12-5+. The molecule has 0 atom stereocenters. The van der Waals surface area contributed by atoms with Gasteiger partial charge in [0.15, 0.2) is 0 Å². The van der Waals surface area contributed by atoms with Crippen LogP contribution in [0, 0.1) is 0 Å². The van der Waals surface area contributed by atoms with E-state index in [0.717, 1.165) is 24.2 Å². The molecule has 5 nitrogen and oxygen atoms in total. The minimum Gasteiger partial charge on any atom is -0.435 e. The summed E-state index contributed by atoms with van der Waals surface area (Å²) in [6.07, 6.45) is 4.48. The van der Waals surface area contributed by atoms with E-state index in [-0.39, 0.29) is 17.6 Å². The first-order valence-corrected chi connectivity index (χ1v) is 8.45. The predicted molar refractivity (Wildman–Crippen MR) is 98.8 cm³/mol. The molecule has 0 saturated carbocycles. The van der Waals surface area contributed by atoms with E-state index in [4.69, 9.17) is 0 Å². The van der Waals surface area contributed by atoms with Crippen LogP contribution in [0.1, 0.15) is 18.4 Å². The number of carbonyl (C=O) groups is 2. The maximum absolute atomic E-state index is 12.1. The number of nitrogens with zero attached hydrogens (tertiary/aromatic N) is 1. The maximum atomic E-state index is 12.1. The zero-order chi connectivity index (χ0) is 19.2. The average Bonchev–Trinajstić information content (AvgIpc) is 3.08. The molecule has 1 fully saturated rings. The number of ether oxygens (including phenoxy) is 1. The Morgan fingerprint density at radius 2 is 1.81 bits per heavy atom. The van der Waals surface area contributed by atoms with Gasteiger partial charge in [0.25, 0.3) is 0 Å². The number of rotatable bonds is 6. The fourth-order valence-corrected chi connectivity index (χ4v) is 2.76.